The molecular weight excluding hydrogens is 368 g/mol. The van der Waals surface area contributed by atoms with Crippen LogP contribution in [-0.4, -0.2) is 53.3 Å². The first-order valence-corrected chi connectivity index (χ1v) is 10.5. The monoisotopic (exact) mass is 400 g/mol. The largest absolute Gasteiger partial charge is 0.348 e. The molecule has 2 unspecified atom stereocenters. The second-order valence-electron chi connectivity index (χ2n) is 8.56. The average molecular weight is 401 g/mol. The third kappa shape index (κ3) is 4.96. The van der Waals surface area contributed by atoms with E-state index in [1.807, 2.05) is 37.3 Å². The maximum absolute atomic E-state index is 12.9. The van der Waals surface area contributed by atoms with Gasteiger partial charge in [-0.05, 0) is 58.6 Å². The molecule has 2 aliphatic heterocycles. The second-order valence-corrected chi connectivity index (χ2v) is 8.56. The Kier molecular flexibility index (Phi) is 6.57. The molecule has 0 saturated carbocycles. The van der Waals surface area contributed by atoms with E-state index in [9.17, 15) is 14.4 Å². The molecule has 0 radical (unpaired) electrons. The smallest absolute Gasteiger partial charge is 0.245 e. The molecule has 2 saturated heterocycles. The molecule has 3 rings (SSSR count). The lowest BCUT2D eigenvalue weighted by molar-refractivity contribution is -0.141. The zero-order valence-corrected chi connectivity index (χ0v) is 17.5. The molecule has 0 bridgehead atoms. The van der Waals surface area contributed by atoms with Crippen LogP contribution >= 0.6 is 0 Å². The van der Waals surface area contributed by atoms with Crippen molar-refractivity contribution in [2.45, 2.75) is 70.1 Å². The van der Waals surface area contributed by atoms with Gasteiger partial charge in [-0.2, -0.15) is 0 Å². The van der Waals surface area contributed by atoms with Crippen molar-refractivity contribution in [3.05, 3.63) is 35.9 Å². The van der Waals surface area contributed by atoms with Gasteiger partial charge in [-0.25, -0.2) is 0 Å². The summed E-state index contributed by atoms with van der Waals surface area (Å²) in [7, 11) is 0. The average Bonchev–Trinajstić information content (AvgIpc) is 3.39. The van der Waals surface area contributed by atoms with E-state index in [1.54, 1.807) is 18.7 Å². The van der Waals surface area contributed by atoms with Crippen LogP contribution in [0.2, 0.25) is 0 Å². The molecule has 3 N–H and O–H groups in total. The second kappa shape index (κ2) is 8.95. The van der Waals surface area contributed by atoms with E-state index in [2.05, 4.69) is 16.0 Å². The van der Waals surface area contributed by atoms with Gasteiger partial charge in [0, 0.05) is 6.54 Å². The summed E-state index contributed by atoms with van der Waals surface area (Å²) in [6.07, 6.45) is 3.22. The number of carbonyl (C=O) groups is 3. The van der Waals surface area contributed by atoms with Crippen LogP contribution in [0.25, 0.3) is 0 Å². The van der Waals surface area contributed by atoms with E-state index in [4.69, 9.17) is 0 Å². The number of carbonyl (C=O) groups excluding carboxylic acids is 3. The Bertz CT molecular complexity index is 744. The van der Waals surface area contributed by atoms with Gasteiger partial charge in [0.1, 0.15) is 11.6 Å². The van der Waals surface area contributed by atoms with E-state index in [1.165, 1.54) is 0 Å². The lowest BCUT2D eigenvalue weighted by Gasteiger charge is -2.31. The minimum absolute atomic E-state index is 0.0000995. The lowest BCUT2D eigenvalue weighted by Crippen LogP contribution is -2.59. The van der Waals surface area contributed by atoms with Crippen LogP contribution in [0.1, 0.15) is 58.1 Å². The van der Waals surface area contributed by atoms with Gasteiger partial charge < -0.3 is 20.9 Å². The third-order valence-electron chi connectivity index (χ3n) is 5.85. The van der Waals surface area contributed by atoms with E-state index < -0.39 is 11.6 Å². The maximum atomic E-state index is 12.9. The summed E-state index contributed by atoms with van der Waals surface area (Å²) in [4.78, 5) is 40.2. The molecule has 158 valence electrons. The van der Waals surface area contributed by atoms with E-state index >= 15 is 0 Å². The summed E-state index contributed by atoms with van der Waals surface area (Å²) in [6, 6.07) is 8.82. The van der Waals surface area contributed by atoms with Crippen LogP contribution < -0.4 is 16.0 Å². The first-order valence-electron chi connectivity index (χ1n) is 10.5. The Morgan fingerprint density at radius 3 is 2.52 bits per heavy atom. The highest BCUT2D eigenvalue weighted by atomic mass is 16.2. The van der Waals surface area contributed by atoms with Gasteiger partial charge in [0.05, 0.1) is 12.1 Å². The van der Waals surface area contributed by atoms with Gasteiger partial charge in [0.15, 0.2) is 0 Å². The van der Waals surface area contributed by atoms with Crippen LogP contribution in [0.4, 0.5) is 0 Å². The predicted molar refractivity (Wildman–Crippen MR) is 111 cm³/mol. The highest BCUT2D eigenvalue weighted by Crippen LogP contribution is 2.22. The molecule has 1 aromatic carbocycles. The third-order valence-corrected chi connectivity index (χ3v) is 5.85. The molecule has 2 aliphatic rings. The van der Waals surface area contributed by atoms with Crippen molar-refractivity contribution in [2.24, 2.45) is 0 Å². The molecular formula is C22H32N4O3. The number of amides is 3. The van der Waals surface area contributed by atoms with Gasteiger partial charge in [-0.1, -0.05) is 30.3 Å². The molecule has 29 heavy (non-hydrogen) atoms. The molecule has 2 fully saturated rings. The molecule has 7 heteroatoms. The summed E-state index contributed by atoms with van der Waals surface area (Å²) < 4.78 is 0. The normalized spacial score (nSPS) is 22.9. The molecule has 0 aromatic heterocycles. The molecule has 7 nitrogen and oxygen atoms in total. The molecule has 3 amide bonds. The van der Waals surface area contributed by atoms with Crippen molar-refractivity contribution < 1.29 is 14.4 Å². The fourth-order valence-electron chi connectivity index (χ4n) is 4.05. The summed E-state index contributed by atoms with van der Waals surface area (Å²) >= 11 is 0. The molecule has 3 atom stereocenters. The van der Waals surface area contributed by atoms with Crippen LogP contribution in [0, 0.1) is 0 Å². The topological polar surface area (TPSA) is 90.5 Å². The van der Waals surface area contributed by atoms with Crippen LogP contribution in [-0.2, 0) is 14.4 Å². The number of benzene rings is 1. The van der Waals surface area contributed by atoms with Gasteiger partial charge in [-0.3, -0.25) is 14.4 Å². The number of hydrogen-bond donors (Lipinski definition) is 3. The Labute approximate surface area is 172 Å². The summed E-state index contributed by atoms with van der Waals surface area (Å²) in [5.74, 6) is -0.517. The first-order chi connectivity index (χ1) is 13.8. The van der Waals surface area contributed by atoms with E-state index in [-0.39, 0.29) is 29.8 Å². The minimum Gasteiger partial charge on any atom is -0.348 e. The number of hydrogen-bond acceptors (Lipinski definition) is 4. The highest BCUT2D eigenvalue weighted by molar-refractivity contribution is 5.95. The van der Waals surface area contributed by atoms with Gasteiger partial charge in [0.25, 0.3) is 0 Å². The standard InChI is InChI=1S/C22H32N4O3/c1-15(16-9-5-4-6-10-16)24-21(29)22(2,3)25-19(27)18-12-8-14-26(18)20(28)17-11-7-13-23-17/h4-6,9-10,15,17-18,23H,7-8,11-14H2,1-3H3,(H,24,29)(H,25,27)/t15-,17?,18?/m0/s1. The zero-order chi connectivity index (χ0) is 21.0. The van der Waals surface area contributed by atoms with Crippen molar-refractivity contribution in [1.29, 1.82) is 0 Å². The van der Waals surface area contributed by atoms with Gasteiger partial charge in [-0.15, -0.1) is 0 Å². The number of nitrogens with one attached hydrogen (secondary N) is 3. The fraction of sp³-hybridized carbons (Fsp3) is 0.591. The molecule has 1 aromatic rings. The van der Waals surface area contributed by atoms with Gasteiger partial charge >= 0.3 is 0 Å². The number of nitrogens with zero attached hydrogens (tertiary/aromatic N) is 1. The lowest BCUT2D eigenvalue weighted by atomic mass is 10.0. The van der Waals surface area contributed by atoms with Crippen molar-refractivity contribution in [1.82, 2.24) is 20.9 Å². The Hall–Kier alpha value is -2.41. The molecule has 2 heterocycles. The fourth-order valence-corrected chi connectivity index (χ4v) is 4.05. The summed E-state index contributed by atoms with van der Waals surface area (Å²) in [5, 5.41) is 9.04. The van der Waals surface area contributed by atoms with E-state index in [0.29, 0.717) is 13.0 Å². The van der Waals surface area contributed by atoms with Crippen molar-refractivity contribution >= 4 is 17.7 Å². The zero-order valence-electron chi connectivity index (χ0n) is 17.5. The van der Waals surface area contributed by atoms with Crippen LogP contribution in [0.3, 0.4) is 0 Å². The summed E-state index contributed by atoms with van der Waals surface area (Å²) in [5.41, 5.74) is -0.0807. The molecule has 0 aliphatic carbocycles. The van der Waals surface area contributed by atoms with Gasteiger partial charge in [0.2, 0.25) is 17.7 Å². The number of likely N-dealkylation sites (tertiary alicyclic amines) is 1. The predicted octanol–water partition coefficient (Wildman–Crippen LogP) is 1.50. The van der Waals surface area contributed by atoms with Crippen molar-refractivity contribution in [3.63, 3.8) is 0 Å². The Morgan fingerprint density at radius 1 is 1.14 bits per heavy atom. The first kappa shape index (κ1) is 21.3. The molecule has 0 spiro atoms. The van der Waals surface area contributed by atoms with Crippen LogP contribution in [0.15, 0.2) is 30.3 Å². The van der Waals surface area contributed by atoms with Crippen molar-refractivity contribution in [2.75, 3.05) is 13.1 Å². The number of rotatable bonds is 6. The van der Waals surface area contributed by atoms with Crippen molar-refractivity contribution in [3.8, 4) is 0 Å². The van der Waals surface area contributed by atoms with E-state index in [0.717, 1.165) is 31.4 Å². The quantitative estimate of drug-likeness (QED) is 0.675. The van der Waals surface area contributed by atoms with Crippen LogP contribution in [0.5, 0.6) is 0 Å². The Balaban J connectivity index is 1.60. The maximum Gasteiger partial charge on any atom is 0.245 e. The highest BCUT2D eigenvalue weighted by Gasteiger charge is 2.40. The Morgan fingerprint density at radius 2 is 1.86 bits per heavy atom. The summed E-state index contributed by atoms with van der Waals surface area (Å²) in [6.45, 7) is 6.73. The SMILES string of the molecule is C[C@H](NC(=O)C(C)(C)NC(=O)C1CCCN1C(=O)C1CCCN1)c1ccccc1. The minimum atomic E-state index is -1.08.